The van der Waals surface area contributed by atoms with Gasteiger partial charge in [0, 0.05) is 6.54 Å². The van der Waals surface area contributed by atoms with Crippen molar-refractivity contribution < 1.29 is 17.9 Å². The van der Waals surface area contributed by atoms with Crippen molar-refractivity contribution in [2.24, 2.45) is 0 Å². The van der Waals surface area contributed by atoms with Gasteiger partial charge in [0.05, 0.1) is 17.7 Å². The highest BCUT2D eigenvalue weighted by molar-refractivity contribution is 7.92. The number of aryl methyl sites for hydroxylation is 2. The maximum atomic E-state index is 13.4. The summed E-state index contributed by atoms with van der Waals surface area (Å²) < 4.78 is 33.0. The highest BCUT2D eigenvalue weighted by Gasteiger charge is 2.27. The Morgan fingerprint density at radius 3 is 2.13 bits per heavy atom. The van der Waals surface area contributed by atoms with Crippen LogP contribution in [0.3, 0.4) is 0 Å². The largest absolute Gasteiger partial charge is 0.497 e. The van der Waals surface area contributed by atoms with E-state index in [0.717, 1.165) is 26.7 Å². The maximum Gasteiger partial charge on any atom is 0.264 e. The Morgan fingerprint density at radius 1 is 0.935 bits per heavy atom. The number of sulfonamides is 1. The molecule has 6 nitrogen and oxygen atoms in total. The third kappa shape index (κ3) is 5.64. The molecule has 0 heterocycles. The number of hydrogen-bond donors (Lipinski definition) is 1. The zero-order chi connectivity index (χ0) is 22.4. The van der Waals surface area contributed by atoms with Crippen LogP contribution in [-0.2, 0) is 21.4 Å². The van der Waals surface area contributed by atoms with Gasteiger partial charge in [-0.05, 0) is 66.9 Å². The summed E-state index contributed by atoms with van der Waals surface area (Å²) in [5.41, 5.74) is 3.18. The maximum absolute atomic E-state index is 13.4. The van der Waals surface area contributed by atoms with Gasteiger partial charge < -0.3 is 10.1 Å². The number of benzene rings is 3. The summed E-state index contributed by atoms with van der Waals surface area (Å²) in [6.45, 7) is 3.76. The number of methoxy groups -OCH3 is 1. The first kappa shape index (κ1) is 22.4. The average molecular weight is 439 g/mol. The van der Waals surface area contributed by atoms with Gasteiger partial charge in [0.1, 0.15) is 12.3 Å². The highest BCUT2D eigenvalue weighted by Crippen LogP contribution is 2.25. The molecular weight excluding hydrogens is 412 g/mol. The zero-order valence-electron chi connectivity index (χ0n) is 17.8. The third-order valence-corrected chi connectivity index (χ3v) is 6.55. The lowest BCUT2D eigenvalue weighted by atomic mass is 10.1. The van der Waals surface area contributed by atoms with Gasteiger partial charge in [0.15, 0.2) is 0 Å². The molecule has 0 saturated carbocycles. The van der Waals surface area contributed by atoms with E-state index in [9.17, 15) is 13.2 Å². The lowest BCUT2D eigenvalue weighted by molar-refractivity contribution is -0.119. The number of carbonyl (C=O) groups excluding carboxylic acids is 1. The fourth-order valence-corrected chi connectivity index (χ4v) is 4.69. The third-order valence-electron chi connectivity index (χ3n) is 4.76. The second kappa shape index (κ2) is 9.66. The van der Waals surface area contributed by atoms with Crippen LogP contribution in [-0.4, -0.2) is 28.0 Å². The molecule has 162 valence electrons. The lowest BCUT2D eigenvalue weighted by Crippen LogP contribution is -2.40. The molecule has 0 spiro atoms. The molecule has 0 saturated heterocycles. The van der Waals surface area contributed by atoms with E-state index >= 15 is 0 Å². The van der Waals surface area contributed by atoms with Crippen molar-refractivity contribution >= 4 is 21.6 Å². The number of amides is 1. The van der Waals surface area contributed by atoms with Crippen molar-refractivity contribution in [3.63, 3.8) is 0 Å². The Bertz CT molecular complexity index is 1120. The summed E-state index contributed by atoms with van der Waals surface area (Å²) in [4.78, 5) is 12.9. The van der Waals surface area contributed by atoms with Crippen LogP contribution in [0.2, 0.25) is 0 Å². The van der Waals surface area contributed by atoms with Crippen LogP contribution in [0.1, 0.15) is 16.7 Å². The van der Waals surface area contributed by atoms with Gasteiger partial charge in [-0.1, -0.05) is 36.4 Å². The van der Waals surface area contributed by atoms with Gasteiger partial charge in [0.2, 0.25) is 5.91 Å². The second-order valence-corrected chi connectivity index (χ2v) is 9.16. The van der Waals surface area contributed by atoms with Crippen LogP contribution in [0.4, 0.5) is 5.69 Å². The molecule has 0 aromatic heterocycles. The van der Waals surface area contributed by atoms with Crippen LogP contribution in [0.25, 0.3) is 0 Å². The van der Waals surface area contributed by atoms with E-state index in [-0.39, 0.29) is 18.0 Å². The van der Waals surface area contributed by atoms with Gasteiger partial charge in [-0.2, -0.15) is 0 Å². The van der Waals surface area contributed by atoms with E-state index in [1.807, 2.05) is 44.2 Å². The summed E-state index contributed by atoms with van der Waals surface area (Å²) in [6, 6.07) is 20.9. The summed E-state index contributed by atoms with van der Waals surface area (Å²) in [7, 11) is -2.33. The average Bonchev–Trinajstić information content (AvgIpc) is 2.76. The first-order chi connectivity index (χ1) is 14.8. The molecule has 3 aromatic carbocycles. The van der Waals surface area contributed by atoms with E-state index in [1.54, 1.807) is 37.4 Å². The lowest BCUT2D eigenvalue weighted by Gasteiger charge is -2.25. The number of hydrogen-bond acceptors (Lipinski definition) is 4. The van der Waals surface area contributed by atoms with Gasteiger partial charge in [-0.25, -0.2) is 8.42 Å². The molecule has 0 aliphatic carbocycles. The van der Waals surface area contributed by atoms with Crippen LogP contribution in [0, 0.1) is 13.8 Å². The Kier molecular flexibility index (Phi) is 6.97. The molecular formula is C24H26N2O4S. The molecule has 0 atom stereocenters. The molecule has 0 fully saturated rings. The van der Waals surface area contributed by atoms with Crippen molar-refractivity contribution in [3.05, 3.63) is 89.5 Å². The van der Waals surface area contributed by atoms with E-state index in [1.165, 1.54) is 12.1 Å². The minimum Gasteiger partial charge on any atom is -0.497 e. The number of nitrogens with zero attached hydrogens (tertiary/aromatic N) is 1. The summed E-state index contributed by atoms with van der Waals surface area (Å²) >= 11 is 0. The first-order valence-electron chi connectivity index (χ1n) is 9.85. The molecule has 3 aromatic rings. The fraction of sp³-hybridized carbons (Fsp3) is 0.208. The number of nitrogens with one attached hydrogen (secondary N) is 1. The van der Waals surface area contributed by atoms with Gasteiger partial charge >= 0.3 is 0 Å². The number of carbonyl (C=O) groups is 1. The van der Waals surface area contributed by atoms with E-state index in [4.69, 9.17) is 4.74 Å². The van der Waals surface area contributed by atoms with Gasteiger partial charge in [-0.15, -0.1) is 0 Å². The normalized spacial score (nSPS) is 11.1. The predicted octanol–water partition coefficient (Wildman–Crippen LogP) is 3.82. The number of ether oxygens (including phenoxy) is 1. The Morgan fingerprint density at radius 2 is 1.55 bits per heavy atom. The Labute approximate surface area is 183 Å². The Hall–Kier alpha value is -3.32. The molecule has 0 aliphatic heterocycles. The predicted molar refractivity (Wildman–Crippen MR) is 122 cm³/mol. The van der Waals surface area contributed by atoms with Gasteiger partial charge in [0.25, 0.3) is 10.0 Å². The summed E-state index contributed by atoms with van der Waals surface area (Å²) in [5.74, 6) is 0.333. The van der Waals surface area contributed by atoms with E-state index in [0.29, 0.717) is 5.69 Å². The monoisotopic (exact) mass is 438 g/mol. The smallest absolute Gasteiger partial charge is 0.264 e. The van der Waals surface area contributed by atoms with Crippen LogP contribution in [0.5, 0.6) is 5.75 Å². The first-order valence-corrected chi connectivity index (χ1v) is 11.3. The van der Waals surface area contributed by atoms with Crippen LogP contribution in [0.15, 0.2) is 77.7 Å². The van der Waals surface area contributed by atoms with Crippen molar-refractivity contribution in [3.8, 4) is 5.75 Å². The molecule has 7 heteroatoms. The summed E-state index contributed by atoms with van der Waals surface area (Å²) in [5, 5.41) is 2.80. The van der Waals surface area contributed by atoms with Crippen molar-refractivity contribution in [2.75, 3.05) is 18.0 Å². The van der Waals surface area contributed by atoms with E-state index in [2.05, 4.69) is 5.32 Å². The molecule has 0 aliphatic rings. The molecule has 0 bridgehead atoms. The minimum atomic E-state index is -3.92. The molecule has 0 unspecified atom stereocenters. The number of rotatable bonds is 8. The summed E-state index contributed by atoms with van der Waals surface area (Å²) in [6.07, 6.45) is 0. The quantitative estimate of drug-likeness (QED) is 0.580. The topological polar surface area (TPSA) is 75.7 Å². The number of anilines is 1. The van der Waals surface area contributed by atoms with Gasteiger partial charge in [-0.3, -0.25) is 9.10 Å². The Balaban J connectivity index is 1.84. The SMILES string of the molecule is COc1ccc(CNC(=O)CN(c2cc(C)cc(C)c2)S(=O)(=O)c2ccccc2)cc1. The standard InChI is InChI=1S/C24H26N2O4S/c1-18-13-19(2)15-21(14-18)26(31(28,29)23-7-5-4-6-8-23)17-24(27)25-16-20-9-11-22(30-3)12-10-20/h4-15H,16-17H2,1-3H3,(H,25,27). The molecule has 31 heavy (non-hydrogen) atoms. The zero-order valence-corrected chi connectivity index (χ0v) is 18.6. The second-order valence-electron chi connectivity index (χ2n) is 7.30. The molecule has 1 amide bonds. The van der Waals surface area contributed by atoms with Crippen molar-refractivity contribution in [1.29, 1.82) is 0 Å². The van der Waals surface area contributed by atoms with Crippen molar-refractivity contribution in [2.45, 2.75) is 25.3 Å². The fourth-order valence-electron chi connectivity index (χ4n) is 3.26. The van der Waals surface area contributed by atoms with E-state index < -0.39 is 15.9 Å². The molecule has 3 rings (SSSR count). The minimum absolute atomic E-state index is 0.136. The molecule has 0 radical (unpaired) electrons. The molecule has 1 N–H and O–H groups in total. The van der Waals surface area contributed by atoms with Crippen LogP contribution < -0.4 is 14.4 Å². The van der Waals surface area contributed by atoms with Crippen molar-refractivity contribution in [1.82, 2.24) is 5.32 Å². The highest BCUT2D eigenvalue weighted by atomic mass is 32.2. The van der Waals surface area contributed by atoms with Crippen LogP contribution >= 0.6 is 0 Å².